The van der Waals surface area contributed by atoms with Crippen LogP contribution in [0.1, 0.15) is 18.4 Å². The largest absolute Gasteiger partial charge is 0.474 e. The second kappa shape index (κ2) is 7.98. The predicted molar refractivity (Wildman–Crippen MR) is 75.0 cm³/mol. The molecule has 1 fully saturated rings. The number of aryl methyl sites for hydroxylation is 1. The maximum Gasteiger partial charge on any atom is 0.213 e. The van der Waals surface area contributed by atoms with E-state index in [1.807, 2.05) is 13.0 Å². The molecule has 1 saturated heterocycles. The molecule has 6 heteroatoms. The zero-order valence-electron chi connectivity index (χ0n) is 9.61. The van der Waals surface area contributed by atoms with Crippen molar-refractivity contribution >= 4 is 36.4 Å². The minimum absolute atomic E-state index is 0. The van der Waals surface area contributed by atoms with Gasteiger partial charge in [-0.1, -0.05) is 11.6 Å². The average Bonchev–Trinajstić information content (AvgIpc) is 2.25. The van der Waals surface area contributed by atoms with Crippen molar-refractivity contribution in [3.63, 3.8) is 0 Å². The lowest BCUT2D eigenvalue weighted by Crippen LogP contribution is -2.34. The molecule has 1 aliphatic rings. The number of nitrogens with zero attached hydrogens (tertiary/aromatic N) is 1. The summed E-state index contributed by atoms with van der Waals surface area (Å²) in [7, 11) is 0. The first kappa shape index (κ1) is 16.8. The van der Waals surface area contributed by atoms with Crippen molar-refractivity contribution in [1.29, 1.82) is 0 Å². The van der Waals surface area contributed by atoms with Crippen LogP contribution in [-0.4, -0.2) is 24.2 Å². The lowest BCUT2D eigenvalue weighted by atomic mass is 10.1. The van der Waals surface area contributed by atoms with Gasteiger partial charge in [-0.05, 0) is 38.4 Å². The molecule has 0 atom stereocenters. The van der Waals surface area contributed by atoms with Gasteiger partial charge in [0.1, 0.15) is 6.10 Å². The average molecular weight is 300 g/mol. The third-order valence-electron chi connectivity index (χ3n) is 2.60. The summed E-state index contributed by atoms with van der Waals surface area (Å²) < 4.78 is 5.78. The smallest absolute Gasteiger partial charge is 0.213 e. The Morgan fingerprint density at radius 3 is 2.59 bits per heavy atom. The highest BCUT2D eigenvalue weighted by molar-refractivity contribution is 6.31. The SMILES string of the molecule is Cc1cc(OC2CCNCC2)ncc1Cl.Cl.Cl. The Balaban J connectivity index is 0.00000128. The summed E-state index contributed by atoms with van der Waals surface area (Å²) in [4.78, 5) is 4.16. The highest BCUT2D eigenvalue weighted by Gasteiger charge is 2.15. The molecule has 1 aromatic heterocycles. The van der Waals surface area contributed by atoms with Crippen LogP contribution in [0.5, 0.6) is 5.88 Å². The summed E-state index contributed by atoms with van der Waals surface area (Å²) in [5.41, 5.74) is 1.01. The molecule has 0 spiro atoms. The molecule has 1 aliphatic heterocycles. The maximum atomic E-state index is 5.90. The van der Waals surface area contributed by atoms with Gasteiger partial charge < -0.3 is 10.1 Å². The van der Waals surface area contributed by atoms with E-state index in [0.717, 1.165) is 31.5 Å². The number of nitrogens with one attached hydrogen (secondary N) is 1. The van der Waals surface area contributed by atoms with Crippen LogP contribution in [0.2, 0.25) is 5.02 Å². The maximum absolute atomic E-state index is 5.90. The second-order valence-corrected chi connectivity index (χ2v) is 4.25. The van der Waals surface area contributed by atoms with E-state index < -0.39 is 0 Å². The van der Waals surface area contributed by atoms with Crippen molar-refractivity contribution in [1.82, 2.24) is 10.3 Å². The fraction of sp³-hybridized carbons (Fsp3) is 0.545. The standard InChI is InChI=1S/C11H15ClN2O.2ClH/c1-8-6-11(14-7-10(8)12)15-9-2-4-13-5-3-9;;/h6-7,9,13H,2-5H2,1H3;2*1H. The quantitative estimate of drug-likeness (QED) is 0.911. The molecule has 0 aromatic carbocycles. The van der Waals surface area contributed by atoms with Crippen LogP contribution >= 0.6 is 36.4 Å². The van der Waals surface area contributed by atoms with Gasteiger partial charge in [-0.15, -0.1) is 24.8 Å². The van der Waals surface area contributed by atoms with Gasteiger partial charge >= 0.3 is 0 Å². The number of pyridine rings is 1. The van der Waals surface area contributed by atoms with Crippen LogP contribution in [0.3, 0.4) is 0 Å². The van der Waals surface area contributed by atoms with Crippen molar-refractivity contribution < 1.29 is 4.74 Å². The van der Waals surface area contributed by atoms with E-state index in [1.54, 1.807) is 6.20 Å². The van der Waals surface area contributed by atoms with Crippen molar-refractivity contribution in [3.8, 4) is 5.88 Å². The van der Waals surface area contributed by atoms with Gasteiger partial charge in [-0.25, -0.2) is 4.98 Å². The number of piperidine rings is 1. The third kappa shape index (κ3) is 4.88. The van der Waals surface area contributed by atoms with Crippen molar-refractivity contribution in [3.05, 3.63) is 22.8 Å². The first-order valence-electron chi connectivity index (χ1n) is 5.25. The second-order valence-electron chi connectivity index (χ2n) is 3.84. The molecule has 0 aliphatic carbocycles. The van der Waals surface area contributed by atoms with E-state index in [2.05, 4.69) is 10.3 Å². The van der Waals surface area contributed by atoms with E-state index in [0.29, 0.717) is 17.0 Å². The summed E-state index contributed by atoms with van der Waals surface area (Å²) in [5, 5.41) is 3.99. The lowest BCUT2D eigenvalue weighted by molar-refractivity contribution is 0.156. The van der Waals surface area contributed by atoms with Crippen molar-refractivity contribution in [2.24, 2.45) is 0 Å². The van der Waals surface area contributed by atoms with Crippen LogP contribution in [0, 0.1) is 6.92 Å². The Kier molecular flexibility index (Phi) is 7.88. The molecule has 2 heterocycles. The first-order chi connectivity index (χ1) is 7.25. The fourth-order valence-corrected chi connectivity index (χ4v) is 1.77. The Morgan fingerprint density at radius 2 is 2.00 bits per heavy atom. The van der Waals surface area contributed by atoms with E-state index in [1.165, 1.54) is 0 Å². The first-order valence-corrected chi connectivity index (χ1v) is 5.63. The Bertz CT molecular complexity index is 343. The van der Waals surface area contributed by atoms with E-state index in [9.17, 15) is 0 Å². The highest BCUT2D eigenvalue weighted by Crippen LogP contribution is 2.20. The summed E-state index contributed by atoms with van der Waals surface area (Å²) in [6, 6.07) is 1.89. The van der Waals surface area contributed by atoms with Gasteiger partial charge in [0.25, 0.3) is 0 Å². The van der Waals surface area contributed by atoms with Crippen LogP contribution in [0.4, 0.5) is 0 Å². The molecule has 0 unspecified atom stereocenters. The summed E-state index contributed by atoms with van der Waals surface area (Å²) in [5.74, 6) is 0.684. The van der Waals surface area contributed by atoms with Gasteiger partial charge in [0.2, 0.25) is 5.88 Å². The predicted octanol–water partition coefficient (Wildman–Crippen LogP) is 3.02. The molecule has 0 radical (unpaired) electrons. The lowest BCUT2D eigenvalue weighted by Gasteiger charge is -2.23. The van der Waals surface area contributed by atoms with Crippen molar-refractivity contribution in [2.75, 3.05) is 13.1 Å². The third-order valence-corrected chi connectivity index (χ3v) is 2.99. The monoisotopic (exact) mass is 298 g/mol. The molecule has 3 nitrogen and oxygen atoms in total. The van der Waals surface area contributed by atoms with Gasteiger partial charge in [-0.3, -0.25) is 0 Å². The molecule has 0 amide bonds. The topological polar surface area (TPSA) is 34.1 Å². The van der Waals surface area contributed by atoms with Crippen molar-refractivity contribution in [2.45, 2.75) is 25.9 Å². The van der Waals surface area contributed by atoms with Crippen LogP contribution in [0.15, 0.2) is 12.3 Å². The van der Waals surface area contributed by atoms with Crippen LogP contribution in [-0.2, 0) is 0 Å². The van der Waals surface area contributed by atoms with Crippen LogP contribution in [0.25, 0.3) is 0 Å². The molecule has 1 N–H and O–H groups in total. The fourth-order valence-electron chi connectivity index (χ4n) is 1.66. The minimum Gasteiger partial charge on any atom is -0.474 e. The van der Waals surface area contributed by atoms with Gasteiger partial charge in [0.05, 0.1) is 5.02 Å². The number of halogens is 3. The summed E-state index contributed by atoms with van der Waals surface area (Å²) in [6.45, 7) is 4.01. The zero-order valence-corrected chi connectivity index (χ0v) is 12.0. The molecule has 0 bridgehead atoms. The Morgan fingerprint density at radius 1 is 1.35 bits per heavy atom. The van der Waals surface area contributed by atoms with Gasteiger partial charge in [0.15, 0.2) is 0 Å². The summed E-state index contributed by atoms with van der Waals surface area (Å²) in [6.07, 6.45) is 4.03. The Hall–Kier alpha value is -0.220. The zero-order chi connectivity index (χ0) is 10.7. The molecule has 17 heavy (non-hydrogen) atoms. The molecule has 98 valence electrons. The number of ether oxygens (including phenoxy) is 1. The highest BCUT2D eigenvalue weighted by atomic mass is 35.5. The van der Waals surface area contributed by atoms with Gasteiger partial charge in [0, 0.05) is 12.3 Å². The number of aromatic nitrogens is 1. The molecule has 2 rings (SSSR count). The van der Waals surface area contributed by atoms with Crippen LogP contribution < -0.4 is 10.1 Å². The number of rotatable bonds is 2. The minimum atomic E-state index is 0. The van der Waals surface area contributed by atoms with E-state index in [-0.39, 0.29) is 24.8 Å². The molecule has 1 aromatic rings. The number of hydrogen-bond acceptors (Lipinski definition) is 3. The number of hydrogen-bond donors (Lipinski definition) is 1. The molecular formula is C11H17Cl3N2O. The molecule has 0 saturated carbocycles. The Labute approximate surface area is 119 Å². The van der Waals surface area contributed by atoms with E-state index in [4.69, 9.17) is 16.3 Å². The van der Waals surface area contributed by atoms with Gasteiger partial charge in [-0.2, -0.15) is 0 Å². The normalized spacial score (nSPS) is 15.6. The van der Waals surface area contributed by atoms with E-state index >= 15 is 0 Å². The summed E-state index contributed by atoms with van der Waals surface area (Å²) >= 11 is 5.90. The molecular weight excluding hydrogens is 282 g/mol.